The van der Waals surface area contributed by atoms with Crippen molar-refractivity contribution in [1.29, 1.82) is 0 Å². The summed E-state index contributed by atoms with van der Waals surface area (Å²) in [7, 11) is -4.60. The van der Waals surface area contributed by atoms with Gasteiger partial charge >= 0.3 is 6.18 Å². The van der Waals surface area contributed by atoms with Gasteiger partial charge in [-0.2, -0.15) is 13.2 Å². The quantitative estimate of drug-likeness (QED) is 0.517. The maximum Gasteiger partial charge on any atom is 0.420 e. The molecule has 0 fully saturated rings. The van der Waals surface area contributed by atoms with Crippen molar-refractivity contribution in [2.45, 2.75) is 11.1 Å². The van der Waals surface area contributed by atoms with Crippen LogP contribution in [-0.2, 0) is 16.2 Å². The molecule has 0 amide bonds. The van der Waals surface area contributed by atoms with Crippen LogP contribution in [0.25, 0.3) is 0 Å². The van der Waals surface area contributed by atoms with Crippen LogP contribution in [-0.4, -0.2) is 15.5 Å². The van der Waals surface area contributed by atoms with E-state index in [1.54, 1.807) is 0 Å². The summed E-state index contributed by atoms with van der Waals surface area (Å²) in [6.45, 7) is 0. The first-order valence-electron chi connectivity index (χ1n) is 4.31. The number of alkyl halides is 3. The first-order chi connectivity index (χ1) is 8.45. The van der Waals surface area contributed by atoms with Crippen LogP contribution in [0, 0.1) is 23.3 Å². The van der Waals surface area contributed by atoms with Gasteiger partial charge in [-0.1, -0.05) is 0 Å². The van der Waals surface area contributed by atoms with E-state index in [1.807, 2.05) is 0 Å². The van der Waals surface area contributed by atoms with Crippen molar-refractivity contribution >= 4 is 10.0 Å². The molecule has 1 aromatic carbocycles. The van der Waals surface area contributed by atoms with Crippen LogP contribution in [0.3, 0.4) is 0 Å². The van der Waals surface area contributed by atoms with Crippen molar-refractivity contribution in [3.63, 3.8) is 0 Å². The number of benzene rings is 1. The molecular formula is C8H4F7NO2S. The molecular weight excluding hydrogens is 307 g/mol. The summed E-state index contributed by atoms with van der Waals surface area (Å²) in [5, 5.41) is 0. The zero-order valence-electron chi connectivity index (χ0n) is 8.87. The molecule has 0 saturated carbocycles. The Labute approximate surface area is 102 Å². The fourth-order valence-electron chi connectivity index (χ4n) is 1.22. The minimum absolute atomic E-state index is 0.591. The molecule has 0 aliphatic rings. The molecule has 108 valence electrons. The molecule has 1 N–H and O–H groups in total. The highest BCUT2D eigenvalue weighted by molar-refractivity contribution is 7.89. The van der Waals surface area contributed by atoms with Gasteiger partial charge in [0.25, 0.3) is 0 Å². The van der Waals surface area contributed by atoms with E-state index in [0.29, 0.717) is 7.05 Å². The second kappa shape index (κ2) is 4.63. The summed E-state index contributed by atoms with van der Waals surface area (Å²) in [5.41, 5.74) is -2.74. The fourth-order valence-corrected chi connectivity index (χ4v) is 2.22. The Hall–Kier alpha value is -1.36. The average molecular weight is 311 g/mol. The lowest BCUT2D eigenvalue weighted by Crippen LogP contribution is -2.27. The summed E-state index contributed by atoms with van der Waals surface area (Å²) < 4.78 is 113. The van der Waals surface area contributed by atoms with E-state index < -0.39 is 49.9 Å². The van der Waals surface area contributed by atoms with Crippen LogP contribution in [0.2, 0.25) is 0 Å². The number of nitrogens with one attached hydrogen (secondary N) is 1. The van der Waals surface area contributed by atoms with E-state index >= 15 is 0 Å². The monoisotopic (exact) mass is 311 g/mol. The molecule has 0 atom stereocenters. The molecule has 1 aromatic rings. The Bertz CT molecular complexity index is 623. The lowest BCUT2D eigenvalue weighted by Gasteiger charge is -2.15. The second-order valence-corrected chi connectivity index (χ2v) is 4.99. The highest BCUT2D eigenvalue weighted by Gasteiger charge is 2.45. The molecule has 0 unspecified atom stereocenters. The summed E-state index contributed by atoms with van der Waals surface area (Å²) in [4.78, 5) is -2.33. The molecule has 0 heterocycles. The number of sulfonamides is 1. The molecule has 0 saturated heterocycles. The molecule has 3 nitrogen and oxygen atoms in total. The minimum Gasteiger partial charge on any atom is -0.214 e. The van der Waals surface area contributed by atoms with Crippen molar-refractivity contribution in [1.82, 2.24) is 4.72 Å². The first kappa shape index (κ1) is 15.7. The topological polar surface area (TPSA) is 46.2 Å². The summed E-state index contributed by atoms with van der Waals surface area (Å²) in [6.07, 6.45) is -5.74. The molecule has 0 radical (unpaired) electrons. The Morgan fingerprint density at radius 3 is 1.68 bits per heavy atom. The predicted octanol–water partition coefficient (Wildman–Crippen LogP) is 2.17. The van der Waals surface area contributed by atoms with Crippen molar-refractivity contribution in [3.05, 3.63) is 28.8 Å². The van der Waals surface area contributed by atoms with Crippen LogP contribution in [0.4, 0.5) is 30.7 Å². The van der Waals surface area contributed by atoms with E-state index in [2.05, 4.69) is 0 Å². The zero-order chi connectivity index (χ0) is 15.2. The largest absolute Gasteiger partial charge is 0.420 e. The van der Waals surface area contributed by atoms with Gasteiger partial charge in [0.1, 0.15) is 10.5 Å². The number of hydrogen-bond donors (Lipinski definition) is 1. The van der Waals surface area contributed by atoms with E-state index in [-0.39, 0.29) is 0 Å². The average Bonchev–Trinajstić information content (AvgIpc) is 2.28. The van der Waals surface area contributed by atoms with Crippen LogP contribution >= 0.6 is 0 Å². The molecule has 0 spiro atoms. The van der Waals surface area contributed by atoms with Crippen LogP contribution in [0.5, 0.6) is 0 Å². The predicted molar refractivity (Wildman–Crippen MR) is 47.5 cm³/mol. The van der Waals surface area contributed by atoms with Gasteiger partial charge in [-0.3, -0.25) is 0 Å². The third kappa shape index (κ3) is 2.52. The Morgan fingerprint density at radius 1 is 0.895 bits per heavy atom. The molecule has 0 bridgehead atoms. The normalized spacial score (nSPS) is 12.8. The third-order valence-corrected chi connectivity index (χ3v) is 3.50. The smallest absolute Gasteiger partial charge is 0.214 e. The highest BCUT2D eigenvalue weighted by Crippen LogP contribution is 2.39. The van der Waals surface area contributed by atoms with Gasteiger partial charge in [-0.15, -0.1) is 0 Å². The maximum absolute atomic E-state index is 13.2. The maximum atomic E-state index is 13.2. The van der Waals surface area contributed by atoms with E-state index in [1.165, 1.54) is 4.72 Å². The number of halogens is 7. The molecule has 19 heavy (non-hydrogen) atoms. The lowest BCUT2D eigenvalue weighted by molar-refractivity contribution is -0.143. The van der Waals surface area contributed by atoms with Crippen LogP contribution in [0.1, 0.15) is 5.56 Å². The van der Waals surface area contributed by atoms with Gasteiger partial charge in [0, 0.05) is 0 Å². The zero-order valence-corrected chi connectivity index (χ0v) is 9.69. The van der Waals surface area contributed by atoms with Gasteiger partial charge in [-0.05, 0) is 7.05 Å². The Morgan fingerprint density at radius 2 is 1.32 bits per heavy atom. The van der Waals surface area contributed by atoms with Crippen molar-refractivity contribution in [2.75, 3.05) is 7.05 Å². The van der Waals surface area contributed by atoms with Gasteiger partial charge in [0.15, 0.2) is 23.3 Å². The number of hydrogen-bond acceptors (Lipinski definition) is 2. The Balaban J connectivity index is 4.01. The first-order valence-corrected chi connectivity index (χ1v) is 5.80. The van der Waals surface area contributed by atoms with E-state index in [4.69, 9.17) is 0 Å². The minimum atomic E-state index is -5.74. The van der Waals surface area contributed by atoms with Gasteiger partial charge in [0.05, 0.1) is 0 Å². The standard InChI is InChI=1S/C8H4F7NO2S/c1-16-19(17,18)7-2(8(13,14)15)3(9)4(10)5(11)6(7)12/h16H,1H3. The van der Waals surface area contributed by atoms with Crippen LogP contribution < -0.4 is 4.72 Å². The molecule has 0 aliphatic heterocycles. The van der Waals surface area contributed by atoms with E-state index in [0.717, 1.165) is 0 Å². The van der Waals surface area contributed by atoms with Gasteiger partial charge < -0.3 is 0 Å². The summed E-state index contributed by atoms with van der Waals surface area (Å²) in [6, 6.07) is 0. The molecule has 0 aliphatic carbocycles. The third-order valence-electron chi connectivity index (χ3n) is 2.04. The summed E-state index contributed by atoms with van der Waals surface area (Å²) >= 11 is 0. The van der Waals surface area contributed by atoms with Crippen molar-refractivity contribution < 1.29 is 39.2 Å². The van der Waals surface area contributed by atoms with Gasteiger partial charge in [0.2, 0.25) is 10.0 Å². The molecule has 11 heteroatoms. The second-order valence-electron chi connectivity index (χ2n) is 3.17. The lowest BCUT2D eigenvalue weighted by atomic mass is 10.2. The number of rotatable bonds is 2. The van der Waals surface area contributed by atoms with Crippen LogP contribution in [0.15, 0.2) is 4.90 Å². The molecule has 1 rings (SSSR count). The van der Waals surface area contributed by atoms with Crippen molar-refractivity contribution in [3.8, 4) is 0 Å². The van der Waals surface area contributed by atoms with E-state index in [9.17, 15) is 39.2 Å². The molecule has 0 aromatic heterocycles. The Kier molecular flexibility index (Phi) is 3.83. The summed E-state index contributed by atoms with van der Waals surface area (Å²) in [5.74, 6) is -10.9. The van der Waals surface area contributed by atoms with Gasteiger partial charge in [-0.25, -0.2) is 30.7 Å². The van der Waals surface area contributed by atoms with Crippen molar-refractivity contribution in [2.24, 2.45) is 0 Å². The fraction of sp³-hybridized carbons (Fsp3) is 0.250. The highest BCUT2D eigenvalue weighted by atomic mass is 32.2. The SMILES string of the molecule is CNS(=O)(=O)c1c(F)c(F)c(F)c(F)c1C(F)(F)F.